The number of ether oxygens (including phenoxy) is 3. The summed E-state index contributed by atoms with van der Waals surface area (Å²) in [7, 11) is 0. The van der Waals surface area contributed by atoms with Crippen LogP contribution in [0.2, 0.25) is 0 Å². The molecule has 2 aliphatic heterocycles. The number of carbonyl (C=O) groups is 2. The Hall–Kier alpha value is -4.92. The molecule has 2 atom stereocenters. The first kappa shape index (κ1) is 26.3. The smallest absolute Gasteiger partial charge is 0.336 e. The van der Waals surface area contributed by atoms with Gasteiger partial charge in [0.05, 0.1) is 29.1 Å². The fraction of sp³-hybridized carbons (Fsp3) is 0.250. The third-order valence-corrected chi connectivity index (χ3v) is 7.81. The Balaban J connectivity index is 1.41. The molecule has 1 N–H and O–H groups in total. The topological polar surface area (TPSA) is 117 Å². The van der Waals surface area contributed by atoms with Crippen molar-refractivity contribution >= 4 is 17.4 Å². The van der Waals surface area contributed by atoms with Gasteiger partial charge in [0.15, 0.2) is 17.3 Å². The lowest BCUT2D eigenvalue weighted by Crippen LogP contribution is -2.36. The van der Waals surface area contributed by atoms with E-state index in [2.05, 4.69) is 5.32 Å². The Bertz CT molecular complexity index is 1590. The summed E-state index contributed by atoms with van der Waals surface area (Å²) in [6.07, 6.45) is 1.25. The van der Waals surface area contributed by atoms with Crippen LogP contribution >= 0.6 is 0 Å². The SMILES string of the molecule is CC1=C(C(=O)OCCc2ccccc2)C(c2cc3c(cc2[N+](=O)[O-])OCO3)C2=C(CC(c3ccccc3)CC2=O)N1. The molecule has 9 heteroatoms. The number of Topliss-reactive ketones (excluding diaryl/α,β-unsaturated/α-hetero) is 1. The minimum Gasteiger partial charge on any atom is -0.462 e. The molecule has 2 unspecified atom stereocenters. The maximum Gasteiger partial charge on any atom is 0.336 e. The van der Waals surface area contributed by atoms with Crippen molar-refractivity contribution in [3.8, 4) is 11.5 Å². The number of hydrogen-bond donors (Lipinski definition) is 1. The highest BCUT2D eigenvalue weighted by molar-refractivity contribution is 6.04. The predicted octanol–water partition coefficient (Wildman–Crippen LogP) is 5.47. The average molecular weight is 553 g/mol. The van der Waals surface area contributed by atoms with Crippen LogP contribution in [0.25, 0.3) is 0 Å². The van der Waals surface area contributed by atoms with E-state index in [9.17, 15) is 19.7 Å². The maximum absolute atomic E-state index is 13.9. The van der Waals surface area contributed by atoms with Crippen molar-refractivity contribution in [1.82, 2.24) is 5.32 Å². The van der Waals surface area contributed by atoms with Gasteiger partial charge in [0.1, 0.15) is 0 Å². The summed E-state index contributed by atoms with van der Waals surface area (Å²) in [5.74, 6) is -1.30. The molecule has 9 nitrogen and oxygen atoms in total. The number of rotatable bonds is 7. The zero-order valence-electron chi connectivity index (χ0n) is 22.4. The first-order chi connectivity index (χ1) is 19.9. The van der Waals surface area contributed by atoms with Crippen molar-refractivity contribution in [3.63, 3.8) is 0 Å². The molecular formula is C32H28N2O7. The second-order valence-electron chi connectivity index (χ2n) is 10.3. The third-order valence-electron chi connectivity index (χ3n) is 7.81. The summed E-state index contributed by atoms with van der Waals surface area (Å²) < 4.78 is 16.6. The molecule has 1 aliphatic carbocycles. The molecule has 208 valence electrons. The van der Waals surface area contributed by atoms with Crippen molar-refractivity contribution in [2.45, 2.75) is 38.0 Å². The molecule has 6 rings (SSSR count). The van der Waals surface area contributed by atoms with Crippen LogP contribution in [0.4, 0.5) is 5.69 Å². The van der Waals surface area contributed by atoms with Crippen LogP contribution in [0.5, 0.6) is 11.5 Å². The lowest BCUT2D eigenvalue weighted by molar-refractivity contribution is -0.385. The van der Waals surface area contributed by atoms with E-state index < -0.39 is 16.8 Å². The Kier molecular flexibility index (Phi) is 7.01. The molecule has 3 aromatic rings. The summed E-state index contributed by atoms with van der Waals surface area (Å²) >= 11 is 0. The lowest BCUT2D eigenvalue weighted by Gasteiger charge is -2.36. The molecule has 0 bridgehead atoms. The fourth-order valence-electron chi connectivity index (χ4n) is 5.90. The van der Waals surface area contributed by atoms with Crippen molar-refractivity contribution < 1.29 is 28.7 Å². The monoisotopic (exact) mass is 552 g/mol. The van der Waals surface area contributed by atoms with Gasteiger partial charge >= 0.3 is 5.97 Å². The number of benzene rings is 3. The first-order valence-electron chi connectivity index (χ1n) is 13.5. The maximum atomic E-state index is 13.9. The van der Waals surface area contributed by atoms with Gasteiger partial charge in [-0.25, -0.2) is 4.79 Å². The van der Waals surface area contributed by atoms with E-state index in [-0.39, 0.29) is 54.1 Å². The molecule has 41 heavy (non-hydrogen) atoms. The van der Waals surface area contributed by atoms with E-state index in [0.29, 0.717) is 35.6 Å². The number of nitro benzene ring substituents is 1. The van der Waals surface area contributed by atoms with Crippen LogP contribution in [0.3, 0.4) is 0 Å². The van der Waals surface area contributed by atoms with Crippen molar-refractivity contribution in [1.29, 1.82) is 0 Å². The molecule has 0 spiro atoms. The normalized spacial score (nSPS) is 19.5. The van der Waals surface area contributed by atoms with Gasteiger partial charge < -0.3 is 19.5 Å². The van der Waals surface area contributed by atoms with Crippen LogP contribution < -0.4 is 14.8 Å². The van der Waals surface area contributed by atoms with Gasteiger partial charge in [-0.05, 0) is 36.5 Å². The molecule has 3 aromatic carbocycles. The van der Waals surface area contributed by atoms with Crippen LogP contribution in [0.15, 0.2) is 95.3 Å². The van der Waals surface area contributed by atoms with Crippen molar-refractivity contribution in [3.05, 3.63) is 122 Å². The molecule has 0 fully saturated rings. The predicted molar refractivity (Wildman–Crippen MR) is 149 cm³/mol. The van der Waals surface area contributed by atoms with Crippen molar-refractivity contribution in [2.24, 2.45) is 0 Å². The number of allylic oxidation sites excluding steroid dienone is 3. The van der Waals surface area contributed by atoms with Gasteiger partial charge in [-0.2, -0.15) is 0 Å². The third kappa shape index (κ3) is 5.06. The van der Waals surface area contributed by atoms with Gasteiger partial charge in [0.25, 0.3) is 5.69 Å². The number of nitrogens with one attached hydrogen (secondary N) is 1. The fourth-order valence-corrected chi connectivity index (χ4v) is 5.90. The summed E-state index contributed by atoms with van der Waals surface area (Å²) in [5.41, 5.74) is 3.65. The molecule has 0 aromatic heterocycles. The second-order valence-corrected chi connectivity index (χ2v) is 10.3. The summed E-state index contributed by atoms with van der Waals surface area (Å²) in [6.45, 7) is 1.78. The van der Waals surface area contributed by atoms with Gasteiger partial charge in [-0.3, -0.25) is 14.9 Å². The van der Waals surface area contributed by atoms with Crippen LogP contribution in [0, 0.1) is 10.1 Å². The van der Waals surface area contributed by atoms with E-state index in [1.807, 2.05) is 60.7 Å². The minimum absolute atomic E-state index is 0.0606. The number of carbonyl (C=O) groups excluding carboxylic acids is 2. The zero-order chi connectivity index (χ0) is 28.5. The zero-order valence-corrected chi connectivity index (χ0v) is 22.4. The van der Waals surface area contributed by atoms with E-state index >= 15 is 0 Å². The second kappa shape index (κ2) is 10.9. The Morgan fingerprint density at radius 3 is 2.41 bits per heavy atom. The summed E-state index contributed by atoms with van der Waals surface area (Å²) in [5, 5.41) is 15.6. The number of nitro groups is 1. The summed E-state index contributed by atoms with van der Waals surface area (Å²) in [6, 6.07) is 22.2. The number of nitrogens with zero attached hydrogens (tertiary/aromatic N) is 1. The average Bonchev–Trinajstić information content (AvgIpc) is 3.44. The van der Waals surface area contributed by atoms with Crippen LogP contribution in [-0.4, -0.2) is 30.1 Å². The summed E-state index contributed by atoms with van der Waals surface area (Å²) in [4.78, 5) is 39.3. The highest BCUT2D eigenvalue weighted by Crippen LogP contribution is 2.50. The van der Waals surface area contributed by atoms with E-state index in [1.165, 1.54) is 12.1 Å². The molecule has 0 saturated carbocycles. The quantitative estimate of drug-likeness (QED) is 0.233. The number of esters is 1. The molecular weight excluding hydrogens is 524 g/mol. The minimum atomic E-state index is -1.01. The highest BCUT2D eigenvalue weighted by Gasteiger charge is 2.44. The molecule has 2 heterocycles. The largest absolute Gasteiger partial charge is 0.462 e. The Morgan fingerprint density at radius 1 is 1.02 bits per heavy atom. The Labute approximate surface area is 236 Å². The van der Waals surface area contributed by atoms with E-state index in [0.717, 1.165) is 11.1 Å². The molecule has 0 amide bonds. The Morgan fingerprint density at radius 2 is 1.71 bits per heavy atom. The van der Waals surface area contributed by atoms with Crippen LogP contribution in [0.1, 0.15) is 48.3 Å². The standard InChI is InChI=1S/C32H28N2O7/c1-19-29(32(36)39-13-12-20-8-4-2-5-9-20)30(23-16-27-28(41-18-40-27)17-25(23)34(37)38)31-24(33-19)14-22(15-26(31)35)21-10-6-3-7-11-21/h2-11,16-17,22,30,33H,12-15,18H2,1H3. The van der Waals surface area contributed by atoms with Gasteiger partial charge in [0, 0.05) is 35.4 Å². The van der Waals surface area contributed by atoms with Gasteiger partial charge in [0.2, 0.25) is 6.79 Å². The number of dihydropyridines is 1. The van der Waals surface area contributed by atoms with E-state index in [1.54, 1.807) is 6.92 Å². The van der Waals surface area contributed by atoms with Gasteiger partial charge in [-0.15, -0.1) is 0 Å². The van der Waals surface area contributed by atoms with Crippen molar-refractivity contribution in [2.75, 3.05) is 13.4 Å². The molecule has 0 saturated heterocycles. The van der Waals surface area contributed by atoms with E-state index in [4.69, 9.17) is 14.2 Å². The van der Waals surface area contributed by atoms with Crippen LogP contribution in [-0.2, 0) is 20.7 Å². The number of fused-ring (bicyclic) bond motifs is 1. The molecule has 3 aliphatic rings. The van der Waals surface area contributed by atoms with Gasteiger partial charge in [-0.1, -0.05) is 60.7 Å². The first-order valence-corrected chi connectivity index (χ1v) is 13.5. The highest BCUT2D eigenvalue weighted by atomic mass is 16.7. The lowest BCUT2D eigenvalue weighted by atomic mass is 9.71. The number of hydrogen-bond acceptors (Lipinski definition) is 8. The molecule has 0 radical (unpaired) electrons. The number of ketones is 1.